The number of halogens is 5. The average Bonchev–Trinajstić information content (AvgIpc) is 3.14. The van der Waals surface area contributed by atoms with Crippen molar-refractivity contribution in [3.63, 3.8) is 0 Å². The summed E-state index contributed by atoms with van der Waals surface area (Å²) in [5.41, 5.74) is -1.77. The first-order chi connectivity index (χ1) is 17.8. The number of likely N-dealkylation sites (tertiary alicyclic amines) is 1. The van der Waals surface area contributed by atoms with Crippen molar-refractivity contribution < 1.29 is 41.5 Å². The lowest BCUT2D eigenvalue weighted by Crippen LogP contribution is -2.62. The van der Waals surface area contributed by atoms with Gasteiger partial charge in [0.25, 0.3) is 17.4 Å². The number of piperidine rings is 2. The molecule has 0 bridgehead atoms. The topological polar surface area (TPSA) is 128 Å². The molecule has 6 atom stereocenters. The fourth-order valence-corrected chi connectivity index (χ4v) is 5.70. The van der Waals surface area contributed by atoms with Crippen molar-refractivity contribution >= 4 is 41.1 Å². The van der Waals surface area contributed by atoms with Gasteiger partial charge in [-0.05, 0) is 35.5 Å². The third-order valence-electron chi connectivity index (χ3n) is 7.91. The zero-order chi connectivity index (χ0) is 29.7. The van der Waals surface area contributed by atoms with Crippen molar-refractivity contribution in [1.82, 2.24) is 26.0 Å². The molecule has 0 aromatic carbocycles. The Morgan fingerprint density at radius 3 is 2.33 bits per heavy atom. The second-order valence-corrected chi connectivity index (χ2v) is 12.4. The van der Waals surface area contributed by atoms with Crippen LogP contribution in [0.2, 0.25) is 0 Å². The Morgan fingerprint density at radius 2 is 1.82 bits per heavy atom. The molecule has 220 valence electrons. The minimum atomic E-state index is -5.23. The Kier molecular flexibility index (Phi) is 8.50. The van der Waals surface area contributed by atoms with E-state index in [1.54, 1.807) is 5.32 Å². The lowest BCUT2D eigenvalue weighted by Gasteiger charge is -2.38. The molecule has 2 heterocycles. The first-order valence-electron chi connectivity index (χ1n) is 12.6. The highest BCUT2D eigenvalue weighted by molar-refractivity contribution is 6.29. The molecule has 1 saturated carbocycles. The SMILES string of the molecule is CC(C)(C)C(NC(=O)C(F)(F)F)C(=O)N1C[C@H]2[C@@H]([C@H]1C(=O)NN(C[C@H]1CCCNC1=O)C(=O)C(F)Cl)C2(C)C. The highest BCUT2D eigenvalue weighted by Gasteiger charge is 2.70. The van der Waals surface area contributed by atoms with E-state index in [-0.39, 0.29) is 24.9 Å². The van der Waals surface area contributed by atoms with E-state index < -0.39 is 70.2 Å². The quantitative estimate of drug-likeness (QED) is 0.248. The van der Waals surface area contributed by atoms with Crippen LogP contribution in [0.15, 0.2) is 0 Å². The van der Waals surface area contributed by atoms with Crippen LogP contribution in [0.1, 0.15) is 47.5 Å². The maximum Gasteiger partial charge on any atom is 0.471 e. The summed E-state index contributed by atoms with van der Waals surface area (Å²) >= 11 is 5.35. The first-order valence-corrected chi connectivity index (χ1v) is 13.1. The number of fused-ring (bicyclic) bond motifs is 1. The molecule has 39 heavy (non-hydrogen) atoms. The Balaban J connectivity index is 1.87. The molecule has 5 amide bonds. The van der Waals surface area contributed by atoms with E-state index >= 15 is 0 Å². The molecule has 0 radical (unpaired) electrons. The summed E-state index contributed by atoms with van der Waals surface area (Å²) in [5, 5.41) is 5.00. The second-order valence-electron chi connectivity index (χ2n) is 12.0. The van der Waals surface area contributed by atoms with Crippen LogP contribution >= 0.6 is 11.6 Å². The van der Waals surface area contributed by atoms with Gasteiger partial charge in [-0.15, -0.1) is 0 Å². The van der Waals surface area contributed by atoms with E-state index in [1.165, 1.54) is 20.8 Å². The number of hydrazine groups is 1. The number of carbonyl (C=O) groups is 5. The smallest absolute Gasteiger partial charge is 0.356 e. The fraction of sp³-hybridized carbons (Fsp3) is 0.792. The van der Waals surface area contributed by atoms with Crippen LogP contribution in [0.25, 0.3) is 0 Å². The van der Waals surface area contributed by atoms with E-state index in [4.69, 9.17) is 11.6 Å². The van der Waals surface area contributed by atoms with Crippen molar-refractivity contribution in [2.75, 3.05) is 19.6 Å². The van der Waals surface area contributed by atoms with Gasteiger partial charge in [-0.1, -0.05) is 46.2 Å². The Morgan fingerprint density at radius 1 is 1.21 bits per heavy atom. The minimum absolute atomic E-state index is 0.0310. The molecule has 1 aliphatic carbocycles. The predicted molar refractivity (Wildman–Crippen MR) is 130 cm³/mol. The summed E-state index contributed by atoms with van der Waals surface area (Å²) in [6, 6.07) is -2.85. The zero-order valence-corrected chi connectivity index (χ0v) is 23.1. The predicted octanol–water partition coefficient (Wildman–Crippen LogP) is 1.48. The normalized spacial score (nSPS) is 27.5. The molecule has 15 heteroatoms. The number of nitrogens with one attached hydrogen (secondary N) is 3. The molecular weight excluding hydrogens is 550 g/mol. The van der Waals surface area contributed by atoms with Crippen LogP contribution < -0.4 is 16.1 Å². The third kappa shape index (κ3) is 6.41. The van der Waals surface area contributed by atoms with Crippen molar-refractivity contribution in [2.45, 2.75) is 71.4 Å². The van der Waals surface area contributed by atoms with Crippen molar-refractivity contribution in [3.05, 3.63) is 0 Å². The summed E-state index contributed by atoms with van der Waals surface area (Å²) in [6.45, 7) is 8.25. The van der Waals surface area contributed by atoms with Gasteiger partial charge in [-0.25, -0.2) is 9.40 Å². The zero-order valence-electron chi connectivity index (χ0n) is 22.3. The van der Waals surface area contributed by atoms with Gasteiger partial charge in [0.1, 0.15) is 12.1 Å². The van der Waals surface area contributed by atoms with Crippen LogP contribution in [0.3, 0.4) is 0 Å². The maximum absolute atomic E-state index is 13.8. The molecule has 3 rings (SSSR count). The molecule has 0 spiro atoms. The number of rotatable bonds is 6. The summed E-state index contributed by atoms with van der Waals surface area (Å²) in [7, 11) is 0. The summed E-state index contributed by atoms with van der Waals surface area (Å²) in [6.07, 6.45) is -4.25. The highest BCUT2D eigenvalue weighted by Crippen LogP contribution is 2.65. The number of hydrogen-bond acceptors (Lipinski definition) is 5. The number of hydrogen-bond donors (Lipinski definition) is 3. The highest BCUT2D eigenvalue weighted by atomic mass is 35.5. The molecule has 3 N–H and O–H groups in total. The van der Waals surface area contributed by atoms with E-state index in [1.807, 2.05) is 13.8 Å². The molecule has 3 aliphatic rings. The van der Waals surface area contributed by atoms with Crippen molar-refractivity contribution in [1.29, 1.82) is 0 Å². The van der Waals surface area contributed by atoms with Crippen LogP contribution in [0, 0.1) is 28.6 Å². The monoisotopic (exact) mass is 583 g/mol. The minimum Gasteiger partial charge on any atom is -0.356 e. The van der Waals surface area contributed by atoms with E-state index in [9.17, 15) is 41.5 Å². The summed E-state index contributed by atoms with van der Waals surface area (Å²) in [5.74, 6) is -7.08. The van der Waals surface area contributed by atoms with Crippen molar-refractivity contribution in [2.24, 2.45) is 28.6 Å². The lowest BCUT2D eigenvalue weighted by molar-refractivity contribution is -0.176. The summed E-state index contributed by atoms with van der Waals surface area (Å²) in [4.78, 5) is 64.7. The molecular formula is C24H34ClF4N5O5. The molecule has 2 unspecified atom stereocenters. The van der Waals surface area contributed by atoms with Gasteiger partial charge in [0.15, 0.2) is 0 Å². The van der Waals surface area contributed by atoms with Crippen LogP contribution in [0.5, 0.6) is 0 Å². The van der Waals surface area contributed by atoms with Gasteiger partial charge in [0.05, 0.1) is 12.5 Å². The van der Waals surface area contributed by atoms with Gasteiger partial charge in [-0.2, -0.15) is 13.2 Å². The molecule has 10 nitrogen and oxygen atoms in total. The number of nitrogens with zero attached hydrogens (tertiary/aromatic N) is 2. The molecule has 2 aliphatic heterocycles. The number of carbonyl (C=O) groups excluding carboxylic acids is 5. The number of amides is 5. The van der Waals surface area contributed by atoms with Crippen LogP contribution in [-0.4, -0.2) is 83.0 Å². The van der Waals surface area contributed by atoms with Gasteiger partial charge in [-0.3, -0.25) is 29.4 Å². The lowest BCUT2D eigenvalue weighted by atomic mass is 9.85. The second kappa shape index (κ2) is 10.7. The largest absolute Gasteiger partial charge is 0.471 e. The Hall–Kier alpha value is -2.64. The molecule has 0 aromatic rings. The third-order valence-corrected chi connectivity index (χ3v) is 8.09. The molecule has 3 fully saturated rings. The summed E-state index contributed by atoms with van der Waals surface area (Å²) < 4.78 is 52.8. The van der Waals surface area contributed by atoms with Gasteiger partial charge in [0.2, 0.25) is 11.8 Å². The standard InChI is InChI=1S/C24H34ClF4N5O5/c1-22(2,3)15(31-21(39)24(27,28)29)19(37)33-10-12-13(23(12,4)5)14(33)18(36)32-34(20(38)16(25)26)9-11-7-6-8-30-17(11)35/h11-16H,6-10H2,1-5H3,(H,30,35)(H,31,39)(H,32,36)/t11-,12+,13+,14+,15?,16?/m1/s1. The van der Waals surface area contributed by atoms with Crippen molar-refractivity contribution in [3.8, 4) is 0 Å². The number of alkyl halides is 5. The van der Waals surface area contributed by atoms with Gasteiger partial charge < -0.3 is 15.5 Å². The van der Waals surface area contributed by atoms with Gasteiger partial charge >= 0.3 is 12.1 Å². The maximum atomic E-state index is 13.8. The van der Waals surface area contributed by atoms with Crippen LogP contribution in [-0.2, 0) is 24.0 Å². The fourth-order valence-electron chi connectivity index (χ4n) is 5.58. The first kappa shape index (κ1) is 30.9. The van der Waals surface area contributed by atoms with E-state index in [2.05, 4.69) is 10.7 Å². The van der Waals surface area contributed by atoms with E-state index in [0.29, 0.717) is 24.4 Å². The van der Waals surface area contributed by atoms with E-state index in [0.717, 1.165) is 4.90 Å². The Bertz CT molecular complexity index is 1030. The van der Waals surface area contributed by atoms with Crippen LogP contribution in [0.4, 0.5) is 17.6 Å². The molecule has 2 saturated heterocycles. The van der Waals surface area contributed by atoms with Gasteiger partial charge in [0, 0.05) is 13.1 Å². The molecule has 0 aromatic heterocycles. The Labute approximate surface area is 228 Å². The average molecular weight is 584 g/mol.